The number of β-lactam (4-membered cyclic amide) rings is 1. The molecule has 33 heavy (non-hydrogen) atoms. The Balaban J connectivity index is 1.49. The van der Waals surface area contributed by atoms with Gasteiger partial charge < -0.3 is 21.0 Å². The number of anilines is 1. The highest BCUT2D eigenvalue weighted by Gasteiger charge is 2.54. The summed E-state index contributed by atoms with van der Waals surface area (Å²) < 4.78 is 0.732. The maximum Gasteiger partial charge on any atom is 0.352 e. The number of nitrogens with two attached hydrogens (primary N) is 1. The molecule has 2 amide bonds. The van der Waals surface area contributed by atoms with E-state index >= 15 is 0 Å². The number of fused-ring (bicyclic) bond motifs is 1. The van der Waals surface area contributed by atoms with Gasteiger partial charge in [-0.1, -0.05) is 28.3 Å². The number of hydrogen-bond donors (Lipinski definition) is 3. The van der Waals surface area contributed by atoms with E-state index in [1.807, 2.05) is 6.92 Å². The van der Waals surface area contributed by atoms with E-state index in [0.29, 0.717) is 27.6 Å². The number of thiophene rings is 1. The Kier molecular flexibility index (Phi) is 6.92. The van der Waals surface area contributed by atoms with Gasteiger partial charge in [0.05, 0.1) is 5.00 Å². The van der Waals surface area contributed by atoms with Crippen LogP contribution in [-0.2, 0) is 19.2 Å². The number of oxime groups is 1. The Morgan fingerprint density at radius 2 is 2.24 bits per heavy atom. The number of rotatable bonds is 8. The molecule has 2 aliphatic rings. The van der Waals surface area contributed by atoms with Crippen LogP contribution in [0.15, 0.2) is 32.2 Å². The van der Waals surface area contributed by atoms with Crippen molar-refractivity contribution >= 4 is 74.7 Å². The minimum absolute atomic E-state index is 0.0176. The number of carboxylic acid groups (broad SMARTS) is 1. The van der Waals surface area contributed by atoms with Crippen molar-refractivity contribution in [3.63, 3.8) is 0 Å². The summed E-state index contributed by atoms with van der Waals surface area (Å²) in [5, 5.41) is 26.7. The van der Waals surface area contributed by atoms with Gasteiger partial charge in [-0.3, -0.25) is 14.5 Å². The van der Waals surface area contributed by atoms with Crippen LogP contribution in [0.4, 0.5) is 5.00 Å². The molecule has 0 aliphatic carbocycles. The summed E-state index contributed by atoms with van der Waals surface area (Å²) in [6, 6.07) is 0.705. The molecular formula is C18H18N6O5S4. The molecule has 0 spiro atoms. The van der Waals surface area contributed by atoms with Gasteiger partial charge in [0.25, 0.3) is 11.8 Å². The first-order valence-electron chi connectivity index (χ1n) is 9.39. The van der Waals surface area contributed by atoms with E-state index in [-0.39, 0.29) is 11.4 Å². The van der Waals surface area contributed by atoms with Gasteiger partial charge in [0.1, 0.15) is 29.2 Å². The lowest BCUT2D eigenvalue weighted by atomic mass is 10.0. The first-order chi connectivity index (χ1) is 15.8. The van der Waals surface area contributed by atoms with Crippen molar-refractivity contribution in [1.82, 2.24) is 20.4 Å². The fraction of sp³-hybridized carbons (Fsp3) is 0.333. The normalized spacial score (nSPS) is 20.4. The first kappa shape index (κ1) is 23.5. The zero-order chi connectivity index (χ0) is 23.7. The van der Waals surface area contributed by atoms with Crippen LogP contribution in [0.25, 0.3) is 0 Å². The Labute approximate surface area is 204 Å². The molecule has 0 aromatic carbocycles. The van der Waals surface area contributed by atoms with Crippen LogP contribution in [0.5, 0.6) is 0 Å². The van der Waals surface area contributed by atoms with Crippen LogP contribution in [0.1, 0.15) is 10.6 Å². The zero-order valence-corrected chi connectivity index (χ0v) is 20.6. The summed E-state index contributed by atoms with van der Waals surface area (Å²) in [4.78, 5) is 43.7. The molecule has 2 atom stereocenters. The number of amides is 2. The molecule has 11 nitrogen and oxygen atoms in total. The number of nitrogens with one attached hydrogen (secondary N) is 1. The lowest BCUT2D eigenvalue weighted by Crippen LogP contribution is -2.71. The third-order valence-corrected chi connectivity index (χ3v) is 8.86. The first-order valence-corrected chi connectivity index (χ1v) is 13.1. The molecule has 2 aliphatic heterocycles. The topological polar surface area (TPSA) is 160 Å². The number of aromatic nitrogens is 2. The number of carbonyl (C=O) groups is 3. The fourth-order valence-electron chi connectivity index (χ4n) is 3.28. The monoisotopic (exact) mass is 526 g/mol. The number of hydrogen-bond acceptors (Lipinski definition) is 12. The van der Waals surface area contributed by atoms with E-state index in [0.717, 1.165) is 9.35 Å². The van der Waals surface area contributed by atoms with Crippen molar-refractivity contribution in [2.24, 2.45) is 5.16 Å². The van der Waals surface area contributed by atoms with Gasteiger partial charge in [-0.15, -0.1) is 33.3 Å². The average molecular weight is 527 g/mol. The molecular weight excluding hydrogens is 509 g/mol. The molecule has 2 aromatic heterocycles. The van der Waals surface area contributed by atoms with E-state index in [1.165, 1.54) is 58.2 Å². The van der Waals surface area contributed by atoms with Gasteiger partial charge in [-0.05, 0) is 18.6 Å². The lowest BCUT2D eigenvalue weighted by molar-refractivity contribution is -0.150. The van der Waals surface area contributed by atoms with Crippen LogP contribution in [0, 0.1) is 6.92 Å². The van der Waals surface area contributed by atoms with Crippen molar-refractivity contribution in [1.29, 1.82) is 0 Å². The molecule has 0 saturated carbocycles. The maximum atomic E-state index is 12.9. The number of nitrogens with zero attached hydrogens (tertiary/aromatic N) is 4. The smallest absolute Gasteiger partial charge is 0.352 e. The largest absolute Gasteiger partial charge is 0.477 e. The van der Waals surface area contributed by atoms with Gasteiger partial charge in [0, 0.05) is 22.4 Å². The SMILES string of the molecule is CON=C(C(=O)NC1C(=O)N2C(C(=O)O)=C(CSc3nnc(C)s3)CSC12)c1csc(N)c1. The van der Waals surface area contributed by atoms with Crippen LogP contribution < -0.4 is 11.1 Å². The van der Waals surface area contributed by atoms with Crippen molar-refractivity contribution < 1.29 is 24.3 Å². The molecule has 0 radical (unpaired) electrons. The third kappa shape index (κ3) is 4.71. The fourth-order valence-corrected chi connectivity index (χ4v) is 7.22. The average Bonchev–Trinajstić information content (AvgIpc) is 3.40. The number of aliphatic carboxylic acids is 1. The van der Waals surface area contributed by atoms with E-state index in [1.54, 1.807) is 11.4 Å². The minimum Gasteiger partial charge on any atom is -0.477 e. The highest BCUT2D eigenvalue weighted by atomic mass is 32.2. The van der Waals surface area contributed by atoms with Crippen LogP contribution >= 0.6 is 46.2 Å². The highest BCUT2D eigenvalue weighted by Crippen LogP contribution is 2.41. The number of carbonyl (C=O) groups excluding carboxylic acids is 2. The molecule has 2 aromatic rings. The predicted molar refractivity (Wildman–Crippen MR) is 127 cm³/mol. The summed E-state index contributed by atoms with van der Waals surface area (Å²) in [5.74, 6) is -1.50. The van der Waals surface area contributed by atoms with E-state index in [2.05, 4.69) is 20.7 Å². The van der Waals surface area contributed by atoms with Crippen molar-refractivity contribution in [3.05, 3.63) is 33.3 Å². The number of carboxylic acids is 1. The standard InChI is InChI=1S/C18H18N6O5S4/c1-7-21-22-18(33-7)32-6-9-5-31-16-12(15(26)24(16)13(9)17(27)28)20-14(25)11(23-29-2)8-3-10(19)30-4-8/h3-4,12,16H,5-6,19H2,1-2H3,(H,20,25)(H,27,28). The quantitative estimate of drug-likeness (QED) is 0.198. The molecule has 1 saturated heterocycles. The molecule has 174 valence electrons. The Bertz CT molecular complexity index is 1170. The summed E-state index contributed by atoms with van der Waals surface area (Å²) in [6.45, 7) is 1.84. The second-order valence-corrected chi connectivity index (χ2v) is 11.3. The molecule has 4 rings (SSSR count). The van der Waals surface area contributed by atoms with E-state index in [4.69, 9.17) is 10.6 Å². The van der Waals surface area contributed by atoms with Crippen molar-refractivity contribution in [3.8, 4) is 0 Å². The van der Waals surface area contributed by atoms with Gasteiger partial charge in [-0.2, -0.15) is 0 Å². The highest BCUT2D eigenvalue weighted by molar-refractivity contribution is 8.01. The van der Waals surface area contributed by atoms with Crippen LogP contribution in [0.2, 0.25) is 0 Å². The minimum atomic E-state index is -1.18. The number of aryl methyl sites for hydroxylation is 1. The summed E-state index contributed by atoms with van der Waals surface area (Å²) in [6.07, 6.45) is 0. The van der Waals surface area contributed by atoms with E-state index < -0.39 is 29.2 Å². The van der Waals surface area contributed by atoms with Gasteiger partial charge >= 0.3 is 5.97 Å². The summed E-state index contributed by atoms with van der Waals surface area (Å²) in [5.41, 5.74) is 6.77. The lowest BCUT2D eigenvalue weighted by Gasteiger charge is -2.49. The zero-order valence-electron chi connectivity index (χ0n) is 17.3. The number of nitrogen functional groups attached to an aromatic ring is 1. The van der Waals surface area contributed by atoms with Crippen LogP contribution in [0.3, 0.4) is 0 Å². The Hall–Kier alpha value is -2.62. The van der Waals surface area contributed by atoms with Crippen LogP contribution in [-0.4, -0.2) is 73.7 Å². The van der Waals surface area contributed by atoms with Crippen molar-refractivity contribution in [2.75, 3.05) is 24.3 Å². The second-order valence-electron chi connectivity index (χ2n) is 6.85. The van der Waals surface area contributed by atoms with Crippen molar-refractivity contribution in [2.45, 2.75) is 22.7 Å². The molecule has 4 heterocycles. The van der Waals surface area contributed by atoms with Gasteiger partial charge in [0.2, 0.25) is 0 Å². The Morgan fingerprint density at radius 1 is 1.45 bits per heavy atom. The van der Waals surface area contributed by atoms with E-state index in [9.17, 15) is 19.5 Å². The van der Waals surface area contributed by atoms with Gasteiger partial charge in [-0.25, -0.2) is 4.79 Å². The summed E-state index contributed by atoms with van der Waals surface area (Å²) in [7, 11) is 1.31. The maximum absolute atomic E-state index is 12.9. The molecule has 1 fully saturated rings. The van der Waals surface area contributed by atoms with Gasteiger partial charge in [0.15, 0.2) is 10.1 Å². The summed E-state index contributed by atoms with van der Waals surface area (Å²) >= 11 is 5.44. The Morgan fingerprint density at radius 3 is 2.85 bits per heavy atom. The molecule has 15 heteroatoms. The molecule has 4 N–H and O–H groups in total. The second kappa shape index (κ2) is 9.70. The number of thioether (sulfide) groups is 2. The molecule has 0 bridgehead atoms. The predicted octanol–water partition coefficient (Wildman–Crippen LogP) is 1.37. The molecule has 2 unspecified atom stereocenters. The third-order valence-electron chi connectivity index (χ3n) is 4.70.